The normalized spacial score (nSPS) is 10.0. The summed E-state index contributed by atoms with van der Waals surface area (Å²) in [7, 11) is 0. The second-order valence-corrected chi connectivity index (χ2v) is 5.71. The fourth-order valence-electron chi connectivity index (χ4n) is 1.85. The van der Waals surface area contributed by atoms with Crippen LogP contribution in [0.2, 0.25) is 10.0 Å². The Morgan fingerprint density at radius 3 is 2.65 bits per heavy atom. The fourth-order valence-corrected chi connectivity index (χ4v) is 2.55. The van der Waals surface area contributed by atoms with Gasteiger partial charge < -0.3 is 10.1 Å². The molecule has 0 unspecified atom stereocenters. The molecule has 2 N–H and O–H groups in total. The molecule has 7 heteroatoms. The molecule has 0 bridgehead atoms. The molecular weight excluding hydrogens is 355 g/mol. The van der Waals surface area contributed by atoms with Gasteiger partial charge in [0.05, 0.1) is 22.9 Å². The molecule has 2 rings (SSSR count). The van der Waals surface area contributed by atoms with Crippen LogP contribution in [0.25, 0.3) is 0 Å². The number of amides is 1. The van der Waals surface area contributed by atoms with Gasteiger partial charge in [-0.15, -0.1) is 0 Å². The lowest BCUT2D eigenvalue weighted by Crippen LogP contribution is -2.34. The van der Waals surface area contributed by atoms with Crippen LogP contribution >= 0.6 is 35.4 Å². The predicted octanol–water partition coefficient (Wildman–Crippen LogP) is 4.52. The van der Waals surface area contributed by atoms with Crippen LogP contribution in [0.1, 0.15) is 17.3 Å². The summed E-state index contributed by atoms with van der Waals surface area (Å²) >= 11 is 17.0. The highest BCUT2D eigenvalue weighted by atomic mass is 35.5. The molecule has 0 aliphatic heterocycles. The summed E-state index contributed by atoms with van der Waals surface area (Å²) in [6.45, 7) is 2.41. The molecular formula is C16H14Cl2N2O2S. The minimum atomic E-state index is -0.418. The molecule has 1 amide bonds. The number of ether oxygens (including phenoxy) is 1. The number of carbonyl (C=O) groups is 1. The van der Waals surface area contributed by atoms with Crippen LogP contribution in [-0.4, -0.2) is 17.6 Å². The van der Waals surface area contributed by atoms with Gasteiger partial charge in [0.15, 0.2) is 5.11 Å². The van der Waals surface area contributed by atoms with Crippen molar-refractivity contribution in [3.63, 3.8) is 0 Å². The van der Waals surface area contributed by atoms with E-state index in [1.54, 1.807) is 12.1 Å². The Hall–Kier alpha value is -1.82. The Bertz CT molecular complexity index is 738. The van der Waals surface area contributed by atoms with Crippen molar-refractivity contribution >= 4 is 52.1 Å². The molecule has 0 radical (unpaired) electrons. The standard InChI is InChI=1S/C16H14Cl2N2O2S/c1-2-22-14-6-4-3-5-13(14)19-16(23)20-15(21)11-8-7-10(17)9-12(11)18/h3-9H,2H2,1H3,(H2,19,20,21,23). The SMILES string of the molecule is CCOc1ccccc1NC(=S)NC(=O)c1ccc(Cl)cc1Cl. The number of anilines is 1. The fraction of sp³-hybridized carbons (Fsp3) is 0.125. The van der Waals surface area contributed by atoms with Gasteiger partial charge in [-0.3, -0.25) is 10.1 Å². The highest BCUT2D eigenvalue weighted by Gasteiger charge is 2.13. The van der Waals surface area contributed by atoms with Gasteiger partial charge in [-0.2, -0.15) is 0 Å². The molecule has 0 spiro atoms. The molecule has 4 nitrogen and oxygen atoms in total. The van der Waals surface area contributed by atoms with Crippen LogP contribution in [0, 0.1) is 0 Å². The topological polar surface area (TPSA) is 50.4 Å². The zero-order chi connectivity index (χ0) is 16.8. The molecule has 0 saturated heterocycles. The van der Waals surface area contributed by atoms with Gasteiger partial charge >= 0.3 is 0 Å². The first-order valence-corrected chi connectivity index (χ1v) is 7.97. The Labute approximate surface area is 149 Å². The Morgan fingerprint density at radius 1 is 1.22 bits per heavy atom. The number of thiocarbonyl (C=S) groups is 1. The molecule has 2 aromatic rings. The third-order valence-electron chi connectivity index (χ3n) is 2.84. The maximum absolute atomic E-state index is 12.2. The monoisotopic (exact) mass is 368 g/mol. The second-order valence-electron chi connectivity index (χ2n) is 4.46. The second kappa shape index (κ2) is 8.15. The number of hydrogen-bond donors (Lipinski definition) is 2. The molecule has 0 aromatic heterocycles. The summed E-state index contributed by atoms with van der Waals surface area (Å²) in [4.78, 5) is 12.2. The summed E-state index contributed by atoms with van der Waals surface area (Å²) in [6.07, 6.45) is 0. The highest BCUT2D eigenvalue weighted by molar-refractivity contribution is 7.80. The number of hydrogen-bond acceptors (Lipinski definition) is 3. The summed E-state index contributed by atoms with van der Waals surface area (Å²) in [6, 6.07) is 11.9. The molecule has 0 fully saturated rings. The third kappa shape index (κ3) is 4.82. The molecule has 0 saturated carbocycles. The number of carbonyl (C=O) groups excluding carboxylic acids is 1. The minimum absolute atomic E-state index is 0.146. The molecule has 23 heavy (non-hydrogen) atoms. The Morgan fingerprint density at radius 2 is 1.96 bits per heavy atom. The maximum atomic E-state index is 12.2. The number of halogens is 2. The van der Waals surface area contributed by atoms with Crippen molar-refractivity contribution in [1.29, 1.82) is 0 Å². The molecule has 0 aliphatic carbocycles. The van der Waals surface area contributed by atoms with Gasteiger partial charge in [0, 0.05) is 5.02 Å². The van der Waals surface area contributed by atoms with Gasteiger partial charge in [-0.25, -0.2) is 0 Å². The van der Waals surface area contributed by atoms with E-state index in [1.165, 1.54) is 12.1 Å². The highest BCUT2D eigenvalue weighted by Crippen LogP contribution is 2.24. The van der Waals surface area contributed by atoms with Crippen molar-refractivity contribution in [2.24, 2.45) is 0 Å². The van der Waals surface area contributed by atoms with E-state index >= 15 is 0 Å². The first-order valence-electron chi connectivity index (χ1n) is 6.80. The van der Waals surface area contributed by atoms with Gasteiger partial charge in [-0.1, -0.05) is 35.3 Å². The average Bonchev–Trinajstić information content (AvgIpc) is 2.49. The minimum Gasteiger partial charge on any atom is -0.492 e. The van der Waals surface area contributed by atoms with Crippen LogP contribution in [0.15, 0.2) is 42.5 Å². The number of benzene rings is 2. The summed E-state index contributed by atoms with van der Waals surface area (Å²) in [5.41, 5.74) is 0.958. The van der Waals surface area contributed by atoms with Crippen molar-refractivity contribution in [2.75, 3.05) is 11.9 Å². The summed E-state index contributed by atoms with van der Waals surface area (Å²) < 4.78 is 5.49. The molecule has 0 atom stereocenters. The van der Waals surface area contributed by atoms with Crippen LogP contribution in [0.4, 0.5) is 5.69 Å². The van der Waals surface area contributed by atoms with Gasteiger partial charge in [0.2, 0.25) is 0 Å². The van der Waals surface area contributed by atoms with E-state index in [9.17, 15) is 4.79 Å². The van der Waals surface area contributed by atoms with E-state index < -0.39 is 5.91 Å². The first-order chi connectivity index (χ1) is 11.0. The van der Waals surface area contributed by atoms with Crippen LogP contribution < -0.4 is 15.4 Å². The number of rotatable bonds is 4. The number of para-hydroxylation sites is 2. The number of nitrogens with one attached hydrogen (secondary N) is 2. The summed E-state index contributed by atoms with van der Waals surface area (Å²) in [5, 5.41) is 6.36. The molecule has 0 heterocycles. The lowest BCUT2D eigenvalue weighted by molar-refractivity contribution is 0.0978. The largest absolute Gasteiger partial charge is 0.492 e. The van der Waals surface area contributed by atoms with Crippen molar-refractivity contribution in [3.8, 4) is 5.75 Å². The van der Waals surface area contributed by atoms with Crippen molar-refractivity contribution in [1.82, 2.24) is 5.32 Å². The van der Waals surface area contributed by atoms with Crippen molar-refractivity contribution < 1.29 is 9.53 Å². The lowest BCUT2D eigenvalue weighted by atomic mass is 10.2. The van der Waals surface area contributed by atoms with E-state index in [4.69, 9.17) is 40.2 Å². The van der Waals surface area contributed by atoms with Crippen LogP contribution in [0.5, 0.6) is 5.75 Å². The van der Waals surface area contributed by atoms with E-state index in [1.807, 2.05) is 25.1 Å². The van der Waals surface area contributed by atoms with E-state index in [-0.39, 0.29) is 10.1 Å². The van der Waals surface area contributed by atoms with Gasteiger partial charge in [0.1, 0.15) is 5.75 Å². The molecule has 120 valence electrons. The van der Waals surface area contributed by atoms with Gasteiger partial charge in [-0.05, 0) is 49.5 Å². The van der Waals surface area contributed by atoms with Crippen molar-refractivity contribution in [2.45, 2.75) is 6.92 Å². The van der Waals surface area contributed by atoms with E-state index in [2.05, 4.69) is 10.6 Å². The molecule has 0 aliphatic rings. The zero-order valence-electron chi connectivity index (χ0n) is 12.2. The predicted molar refractivity (Wildman–Crippen MR) is 97.8 cm³/mol. The smallest absolute Gasteiger partial charge is 0.258 e. The summed E-state index contributed by atoms with van der Waals surface area (Å²) in [5.74, 6) is 0.231. The Balaban J connectivity index is 2.06. The van der Waals surface area contributed by atoms with Gasteiger partial charge in [0.25, 0.3) is 5.91 Å². The lowest BCUT2D eigenvalue weighted by Gasteiger charge is -2.13. The Kier molecular flexibility index (Phi) is 6.21. The van der Waals surface area contributed by atoms with E-state index in [0.29, 0.717) is 28.6 Å². The first kappa shape index (κ1) is 17.5. The van der Waals surface area contributed by atoms with Crippen LogP contribution in [-0.2, 0) is 0 Å². The third-order valence-corrected chi connectivity index (χ3v) is 3.59. The quantitative estimate of drug-likeness (QED) is 0.779. The maximum Gasteiger partial charge on any atom is 0.258 e. The van der Waals surface area contributed by atoms with Crippen molar-refractivity contribution in [3.05, 3.63) is 58.1 Å². The van der Waals surface area contributed by atoms with E-state index in [0.717, 1.165) is 0 Å². The zero-order valence-corrected chi connectivity index (χ0v) is 14.6. The average molecular weight is 369 g/mol. The molecule has 2 aromatic carbocycles. The van der Waals surface area contributed by atoms with Crippen LogP contribution in [0.3, 0.4) is 0 Å².